The maximum Gasteiger partial charge on any atom is 0.264 e. The van der Waals surface area contributed by atoms with E-state index in [1.165, 1.54) is 13.1 Å². The van der Waals surface area contributed by atoms with E-state index in [1.807, 2.05) is 66.7 Å². The number of hydrogen-bond donors (Lipinski definition) is 2. The third kappa shape index (κ3) is 5.21. The molecule has 0 aromatic heterocycles. The Kier molecular flexibility index (Phi) is 6.75. The summed E-state index contributed by atoms with van der Waals surface area (Å²) in [5.74, 6) is -0.509. The largest absolute Gasteiger partial charge is 0.360 e. The fourth-order valence-electron chi connectivity index (χ4n) is 2.96. The summed E-state index contributed by atoms with van der Waals surface area (Å²) >= 11 is 0. The Morgan fingerprint density at radius 2 is 1.40 bits per heavy atom. The summed E-state index contributed by atoms with van der Waals surface area (Å²) in [7, 11) is 0. The van der Waals surface area contributed by atoms with Gasteiger partial charge in [-0.2, -0.15) is 5.26 Å². The maximum absolute atomic E-state index is 12.8. The van der Waals surface area contributed by atoms with E-state index in [4.69, 9.17) is 0 Å². The van der Waals surface area contributed by atoms with Crippen LogP contribution in [0.1, 0.15) is 34.5 Å². The van der Waals surface area contributed by atoms with E-state index in [1.54, 1.807) is 24.3 Å². The minimum atomic E-state index is -0.483. The Balaban J connectivity index is 1.79. The lowest BCUT2D eigenvalue weighted by atomic mass is 9.98. The lowest BCUT2D eigenvalue weighted by Crippen LogP contribution is -2.30. The average molecular weight is 395 g/mol. The Labute approximate surface area is 175 Å². The van der Waals surface area contributed by atoms with Crippen molar-refractivity contribution in [2.45, 2.75) is 13.0 Å². The van der Waals surface area contributed by atoms with Crippen LogP contribution in [0.5, 0.6) is 0 Å². The molecule has 0 aliphatic heterocycles. The Morgan fingerprint density at radius 1 is 0.867 bits per heavy atom. The van der Waals surface area contributed by atoms with Crippen LogP contribution < -0.4 is 10.6 Å². The minimum Gasteiger partial charge on any atom is -0.360 e. The molecular weight excluding hydrogens is 374 g/mol. The lowest BCUT2D eigenvalue weighted by Gasteiger charge is -2.19. The zero-order valence-electron chi connectivity index (χ0n) is 16.5. The van der Waals surface area contributed by atoms with Gasteiger partial charge in [-0.3, -0.25) is 9.59 Å². The number of anilines is 1. The topological polar surface area (TPSA) is 82.0 Å². The van der Waals surface area contributed by atoms with Gasteiger partial charge < -0.3 is 10.6 Å². The molecule has 2 N–H and O–H groups in total. The normalized spacial score (nSPS) is 10.9. The second-order valence-electron chi connectivity index (χ2n) is 6.68. The third-order valence-corrected chi connectivity index (χ3v) is 4.58. The highest BCUT2D eigenvalue weighted by Gasteiger charge is 2.19. The molecule has 0 saturated heterocycles. The highest BCUT2D eigenvalue weighted by molar-refractivity contribution is 5.98. The molecule has 3 aromatic carbocycles. The molecule has 0 unspecified atom stereocenters. The van der Waals surface area contributed by atoms with Crippen LogP contribution in [-0.2, 0) is 4.79 Å². The van der Waals surface area contributed by atoms with Crippen molar-refractivity contribution in [3.05, 3.63) is 113 Å². The molecule has 3 aromatic rings. The standard InChI is InChI=1S/C25H21N3O2/c1-18(29)19-12-14-23(15-13-19)27-17-22(16-26)25(30)28-24(20-8-4-2-5-9-20)21-10-6-3-7-11-21/h2-15,17,24,27H,1H3,(H,28,30)/b22-17-. The number of benzene rings is 3. The molecule has 3 rings (SSSR count). The van der Waals surface area contributed by atoms with Crippen LogP contribution in [-0.4, -0.2) is 11.7 Å². The van der Waals surface area contributed by atoms with E-state index in [0.717, 1.165) is 11.1 Å². The first kappa shape index (κ1) is 20.6. The number of carbonyl (C=O) groups is 2. The first-order valence-corrected chi connectivity index (χ1v) is 9.47. The zero-order valence-corrected chi connectivity index (χ0v) is 16.5. The number of carbonyl (C=O) groups excluding carboxylic acids is 2. The number of rotatable bonds is 7. The quantitative estimate of drug-likeness (QED) is 0.348. The summed E-state index contributed by atoms with van der Waals surface area (Å²) in [6, 6.07) is 27.6. The highest BCUT2D eigenvalue weighted by Crippen LogP contribution is 2.22. The summed E-state index contributed by atoms with van der Waals surface area (Å²) in [6.45, 7) is 1.50. The van der Waals surface area contributed by atoms with Gasteiger partial charge in [-0.25, -0.2) is 0 Å². The number of amides is 1. The molecule has 0 radical (unpaired) electrons. The van der Waals surface area contributed by atoms with Gasteiger partial charge in [-0.05, 0) is 42.3 Å². The van der Waals surface area contributed by atoms with Crippen molar-refractivity contribution in [1.82, 2.24) is 5.32 Å². The van der Waals surface area contributed by atoms with Crippen molar-refractivity contribution in [1.29, 1.82) is 5.26 Å². The molecule has 5 nitrogen and oxygen atoms in total. The van der Waals surface area contributed by atoms with E-state index in [-0.39, 0.29) is 17.4 Å². The van der Waals surface area contributed by atoms with Gasteiger partial charge in [0.25, 0.3) is 5.91 Å². The van der Waals surface area contributed by atoms with Crippen molar-refractivity contribution in [3.63, 3.8) is 0 Å². The molecule has 148 valence electrons. The third-order valence-electron chi connectivity index (χ3n) is 4.58. The number of ketones is 1. The molecule has 0 aliphatic rings. The molecule has 0 spiro atoms. The Hall–Kier alpha value is -4.17. The molecule has 0 atom stereocenters. The molecule has 5 heteroatoms. The van der Waals surface area contributed by atoms with Gasteiger partial charge in [-0.1, -0.05) is 60.7 Å². The smallest absolute Gasteiger partial charge is 0.264 e. The number of Topliss-reactive ketones (excluding diaryl/α,β-unsaturated/α-hetero) is 1. The molecule has 0 bridgehead atoms. The summed E-state index contributed by atoms with van der Waals surface area (Å²) < 4.78 is 0. The van der Waals surface area contributed by atoms with E-state index < -0.39 is 5.91 Å². The molecule has 0 aliphatic carbocycles. The van der Waals surface area contributed by atoms with E-state index in [0.29, 0.717) is 11.3 Å². The number of nitrogens with one attached hydrogen (secondary N) is 2. The fraction of sp³-hybridized carbons (Fsp3) is 0.0800. The molecule has 1 amide bonds. The molecule has 0 heterocycles. The monoisotopic (exact) mass is 395 g/mol. The van der Waals surface area contributed by atoms with E-state index in [9.17, 15) is 14.9 Å². The number of hydrogen-bond acceptors (Lipinski definition) is 4. The van der Waals surface area contributed by atoms with Crippen LogP contribution in [0.2, 0.25) is 0 Å². The zero-order chi connectivity index (χ0) is 21.3. The predicted molar refractivity (Wildman–Crippen MR) is 117 cm³/mol. The van der Waals surface area contributed by atoms with Gasteiger partial charge in [0.15, 0.2) is 5.78 Å². The summed E-state index contributed by atoms with van der Waals surface area (Å²) in [4.78, 5) is 24.2. The van der Waals surface area contributed by atoms with Gasteiger partial charge in [0, 0.05) is 17.5 Å². The minimum absolute atomic E-state index is 0.0259. The van der Waals surface area contributed by atoms with Crippen LogP contribution >= 0.6 is 0 Å². The highest BCUT2D eigenvalue weighted by atomic mass is 16.1. The molecule has 30 heavy (non-hydrogen) atoms. The fourth-order valence-corrected chi connectivity index (χ4v) is 2.96. The second kappa shape index (κ2) is 9.85. The van der Waals surface area contributed by atoms with Crippen LogP contribution in [0, 0.1) is 11.3 Å². The Bertz CT molecular complexity index is 1040. The number of nitrogens with zero attached hydrogens (tertiary/aromatic N) is 1. The molecule has 0 saturated carbocycles. The van der Waals surface area contributed by atoms with Crippen LogP contribution in [0.25, 0.3) is 0 Å². The predicted octanol–water partition coefficient (Wildman–Crippen LogP) is 4.61. The molecular formula is C25H21N3O2. The summed E-state index contributed by atoms with van der Waals surface area (Å²) in [6.07, 6.45) is 1.37. The van der Waals surface area contributed by atoms with Gasteiger partial charge >= 0.3 is 0 Å². The van der Waals surface area contributed by atoms with Crippen molar-refractivity contribution in [2.24, 2.45) is 0 Å². The van der Waals surface area contributed by atoms with Crippen LogP contribution in [0.15, 0.2) is 96.7 Å². The van der Waals surface area contributed by atoms with E-state index in [2.05, 4.69) is 10.6 Å². The van der Waals surface area contributed by atoms with Crippen molar-refractivity contribution >= 4 is 17.4 Å². The SMILES string of the molecule is CC(=O)c1ccc(N/C=C(/C#N)C(=O)NC(c2ccccc2)c2ccccc2)cc1. The van der Waals surface area contributed by atoms with Gasteiger partial charge in [0.05, 0.1) is 6.04 Å². The first-order chi connectivity index (χ1) is 14.6. The molecule has 0 fully saturated rings. The summed E-state index contributed by atoms with van der Waals surface area (Å²) in [5.41, 5.74) is 3.05. The first-order valence-electron chi connectivity index (χ1n) is 9.47. The average Bonchev–Trinajstić information content (AvgIpc) is 2.79. The van der Waals surface area contributed by atoms with Crippen molar-refractivity contribution < 1.29 is 9.59 Å². The Morgan fingerprint density at radius 3 is 1.87 bits per heavy atom. The van der Waals surface area contributed by atoms with Crippen molar-refractivity contribution in [2.75, 3.05) is 5.32 Å². The van der Waals surface area contributed by atoms with Crippen LogP contribution in [0.3, 0.4) is 0 Å². The van der Waals surface area contributed by atoms with Crippen molar-refractivity contribution in [3.8, 4) is 6.07 Å². The number of nitriles is 1. The second-order valence-corrected chi connectivity index (χ2v) is 6.68. The lowest BCUT2D eigenvalue weighted by molar-refractivity contribution is -0.117. The van der Waals surface area contributed by atoms with Gasteiger partial charge in [0.2, 0.25) is 0 Å². The summed E-state index contributed by atoms with van der Waals surface area (Å²) in [5, 5.41) is 15.4. The maximum atomic E-state index is 12.8. The van der Waals surface area contributed by atoms with Gasteiger partial charge in [-0.15, -0.1) is 0 Å². The van der Waals surface area contributed by atoms with E-state index >= 15 is 0 Å². The van der Waals surface area contributed by atoms with Crippen LogP contribution in [0.4, 0.5) is 5.69 Å². The van der Waals surface area contributed by atoms with Gasteiger partial charge in [0.1, 0.15) is 11.6 Å².